The van der Waals surface area contributed by atoms with E-state index in [1.807, 2.05) is 32.8 Å². The number of methoxy groups -OCH3 is 2. The van der Waals surface area contributed by atoms with Gasteiger partial charge in [0.2, 0.25) is 11.6 Å². The Balaban J connectivity index is 2.60. The minimum absolute atomic E-state index is 0.114. The lowest BCUT2D eigenvalue weighted by Crippen LogP contribution is -2.38. The number of hydrogen-bond acceptors (Lipinski definition) is 10. The van der Waals surface area contributed by atoms with Crippen molar-refractivity contribution in [3.63, 3.8) is 0 Å². The fourth-order valence-electron chi connectivity index (χ4n) is 5.18. The molecule has 1 unspecified atom stereocenters. The van der Waals surface area contributed by atoms with Gasteiger partial charge >= 0.3 is 6.09 Å². The molecule has 1 aliphatic heterocycles. The molecule has 0 radical (unpaired) electrons. The molecule has 2 bridgehead atoms. The third-order valence-electron chi connectivity index (χ3n) is 7.65. The van der Waals surface area contributed by atoms with E-state index >= 15 is 0 Å². The quantitative estimate of drug-likeness (QED) is 0.245. The standard InChI is InChI=1S/C32H48N4O8/c1-18-14-22-27(34-12-13-36(5)6)24(37)17-23(29(22)39)35-31(40)19(2)10-9-11-25(42-7)30(44-32(33)41)21(4)16-20(3)28(38)26(15-18)43-8/h9-11,16-18,20,25-26,28,30,34,38H,12-15H2,1-8H3,(H2,33,41)(H,35,40)/b11-9-,19-10+,21-16+/t18-,20+,25?,26+,28-,30+/m1/s1. The number of ether oxygens (including phenoxy) is 3. The van der Waals surface area contributed by atoms with E-state index in [0.29, 0.717) is 25.1 Å². The molecule has 0 aromatic heterocycles. The van der Waals surface area contributed by atoms with Gasteiger partial charge in [0.15, 0.2) is 6.10 Å². The van der Waals surface area contributed by atoms with E-state index in [4.69, 9.17) is 19.9 Å². The van der Waals surface area contributed by atoms with Crippen molar-refractivity contribution in [3.8, 4) is 0 Å². The summed E-state index contributed by atoms with van der Waals surface area (Å²) in [7, 11) is 6.74. The van der Waals surface area contributed by atoms with Crippen LogP contribution in [0.4, 0.5) is 4.79 Å². The van der Waals surface area contributed by atoms with E-state index < -0.39 is 53.9 Å². The van der Waals surface area contributed by atoms with Gasteiger partial charge in [0, 0.05) is 50.4 Å². The Morgan fingerprint density at radius 1 is 1.16 bits per heavy atom. The van der Waals surface area contributed by atoms with Crippen molar-refractivity contribution < 1.29 is 38.5 Å². The lowest BCUT2D eigenvalue weighted by molar-refractivity contribution is -0.120. The summed E-state index contributed by atoms with van der Waals surface area (Å²) >= 11 is 0. The van der Waals surface area contributed by atoms with Crippen LogP contribution in [0.1, 0.15) is 40.5 Å². The molecule has 5 N–H and O–H groups in total. The molecule has 0 fully saturated rings. The lowest BCUT2D eigenvalue weighted by atomic mass is 9.85. The average molecular weight is 617 g/mol. The molecule has 1 heterocycles. The molecule has 0 aromatic rings. The summed E-state index contributed by atoms with van der Waals surface area (Å²) in [4.78, 5) is 53.7. The number of likely N-dealkylation sites (N-methyl/N-ethyl adjacent to an activating group) is 1. The molecule has 0 saturated heterocycles. The molecule has 44 heavy (non-hydrogen) atoms. The first-order valence-corrected chi connectivity index (χ1v) is 14.7. The highest BCUT2D eigenvalue weighted by molar-refractivity contribution is 6.23. The smallest absolute Gasteiger partial charge is 0.405 e. The molecule has 12 heteroatoms. The van der Waals surface area contributed by atoms with E-state index in [9.17, 15) is 24.3 Å². The van der Waals surface area contributed by atoms with Crippen LogP contribution in [-0.2, 0) is 28.6 Å². The highest BCUT2D eigenvalue weighted by Gasteiger charge is 2.33. The largest absolute Gasteiger partial charge is 0.439 e. The summed E-state index contributed by atoms with van der Waals surface area (Å²) in [6.07, 6.45) is 3.88. The number of carbonyl (C=O) groups excluding carboxylic acids is 4. The molecule has 244 valence electrons. The lowest BCUT2D eigenvalue weighted by Gasteiger charge is -2.30. The Kier molecular flexibility index (Phi) is 14.2. The highest BCUT2D eigenvalue weighted by Crippen LogP contribution is 2.28. The Hall–Kier alpha value is -3.58. The van der Waals surface area contributed by atoms with E-state index in [-0.39, 0.29) is 34.9 Å². The summed E-state index contributed by atoms with van der Waals surface area (Å²) in [5.41, 5.74) is 6.55. The van der Waals surface area contributed by atoms with Gasteiger partial charge in [0.25, 0.3) is 5.91 Å². The first kappa shape index (κ1) is 36.6. The molecule has 0 saturated carbocycles. The number of nitrogens with two attached hydrogens (primary N) is 1. The van der Waals surface area contributed by atoms with Gasteiger partial charge in [-0.1, -0.05) is 38.2 Å². The average Bonchev–Trinajstić information content (AvgIpc) is 2.95. The summed E-state index contributed by atoms with van der Waals surface area (Å²) < 4.78 is 16.6. The highest BCUT2D eigenvalue weighted by atomic mass is 16.6. The summed E-state index contributed by atoms with van der Waals surface area (Å²) in [5, 5.41) is 17.0. The Labute approximate surface area is 260 Å². The normalized spacial score (nSPS) is 31.0. The fourth-order valence-corrected chi connectivity index (χ4v) is 5.18. The van der Waals surface area contributed by atoms with Crippen LogP contribution >= 0.6 is 0 Å². The van der Waals surface area contributed by atoms with Crippen molar-refractivity contribution in [1.29, 1.82) is 0 Å². The van der Waals surface area contributed by atoms with E-state index in [1.165, 1.54) is 20.3 Å². The number of amides is 2. The van der Waals surface area contributed by atoms with E-state index in [2.05, 4.69) is 10.6 Å². The minimum Gasteiger partial charge on any atom is -0.439 e. The van der Waals surface area contributed by atoms with Crippen molar-refractivity contribution >= 4 is 23.6 Å². The summed E-state index contributed by atoms with van der Waals surface area (Å²) in [6.45, 7) is 8.09. The molecule has 0 spiro atoms. The zero-order valence-electron chi connectivity index (χ0n) is 27.0. The molecular formula is C32H48N4O8. The van der Waals surface area contributed by atoms with Crippen LogP contribution in [-0.4, -0.2) is 99.4 Å². The SMILES string of the molecule is COC1/C=C\C=C(/C)C(=O)NC2=CC(=O)C(NCCN(C)C)=C(C[C@@H](C)C[C@H](OC)[C@H](O)[C@@H](C)/C=C(\C)[C@@H]1OC(N)=O)C2=O. The number of hydrogen-bond donors (Lipinski definition) is 4. The first-order valence-electron chi connectivity index (χ1n) is 14.7. The second-order valence-electron chi connectivity index (χ2n) is 11.7. The van der Waals surface area contributed by atoms with Crippen molar-refractivity contribution in [2.45, 2.75) is 65.0 Å². The van der Waals surface area contributed by atoms with Crippen LogP contribution < -0.4 is 16.4 Å². The number of Topliss-reactive ketones (excluding diaryl/α,β-unsaturated/α-hetero) is 1. The number of nitrogens with one attached hydrogen (secondary N) is 2. The van der Waals surface area contributed by atoms with Crippen molar-refractivity contribution in [1.82, 2.24) is 15.5 Å². The monoisotopic (exact) mass is 616 g/mol. The number of aliphatic hydroxyl groups excluding tert-OH is 1. The first-order chi connectivity index (χ1) is 20.7. The van der Waals surface area contributed by atoms with Crippen molar-refractivity contribution in [3.05, 3.63) is 58.5 Å². The van der Waals surface area contributed by atoms with Crippen LogP contribution in [0.3, 0.4) is 0 Å². The van der Waals surface area contributed by atoms with Gasteiger partial charge in [-0.2, -0.15) is 0 Å². The van der Waals surface area contributed by atoms with Gasteiger partial charge in [-0.15, -0.1) is 0 Å². The van der Waals surface area contributed by atoms with Gasteiger partial charge in [-0.3, -0.25) is 14.4 Å². The van der Waals surface area contributed by atoms with E-state index in [1.54, 1.807) is 32.1 Å². The van der Waals surface area contributed by atoms with Gasteiger partial charge < -0.3 is 40.6 Å². The summed E-state index contributed by atoms with van der Waals surface area (Å²) in [6, 6.07) is 0. The molecule has 2 amide bonds. The minimum atomic E-state index is -0.997. The number of carbonyl (C=O) groups is 4. The Morgan fingerprint density at radius 2 is 1.84 bits per heavy atom. The zero-order valence-corrected chi connectivity index (χ0v) is 27.0. The molecule has 1 aliphatic carbocycles. The van der Waals surface area contributed by atoms with Crippen molar-refractivity contribution in [2.75, 3.05) is 41.4 Å². The van der Waals surface area contributed by atoms with Crippen LogP contribution in [0.5, 0.6) is 0 Å². The number of ketones is 2. The van der Waals surface area contributed by atoms with Gasteiger partial charge in [0.1, 0.15) is 6.10 Å². The maximum Gasteiger partial charge on any atom is 0.405 e. The zero-order chi connectivity index (χ0) is 33.1. The van der Waals surface area contributed by atoms with Crippen LogP contribution in [0.2, 0.25) is 0 Å². The fraction of sp³-hybridized carbons (Fsp3) is 0.562. The third-order valence-corrected chi connectivity index (χ3v) is 7.65. The number of fused-ring (bicyclic) bond motifs is 2. The van der Waals surface area contributed by atoms with Crippen LogP contribution in [0.25, 0.3) is 0 Å². The number of allylic oxidation sites excluding steroid dienone is 4. The number of primary amides is 1. The Morgan fingerprint density at radius 3 is 2.43 bits per heavy atom. The summed E-state index contributed by atoms with van der Waals surface area (Å²) in [5.74, 6) is -2.06. The molecule has 12 nitrogen and oxygen atoms in total. The van der Waals surface area contributed by atoms with Gasteiger partial charge in [-0.05, 0) is 52.3 Å². The number of rotatable bonds is 7. The Bertz CT molecular complexity index is 1230. The van der Waals surface area contributed by atoms with Crippen LogP contribution in [0.15, 0.2) is 58.5 Å². The second-order valence-corrected chi connectivity index (χ2v) is 11.7. The predicted octanol–water partition coefficient (Wildman–Crippen LogP) is 1.91. The molecule has 0 aromatic carbocycles. The predicted molar refractivity (Wildman–Crippen MR) is 166 cm³/mol. The molecule has 2 rings (SSSR count). The van der Waals surface area contributed by atoms with Gasteiger partial charge in [-0.25, -0.2) is 4.79 Å². The van der Waals surface area contributed by atoms with Gasteiger partial charge in [0.05, 0.1) is 23.6 Å². The van der Waals surface area contributed by atoms with E-state index in [0.717, 1.165) is 6.08 Å². The van der Waals surface area contributed by atoms with Crippen LogP contribution in [0, 0.1) is 11.8 Å². The topological polar surface area (TPSA) is 170 Å². The molecule has 6 atom stereocenters. The third kappa shape index (κ3) is 10.3. The maximum absolute atomic E-state index is 13.7. The van der Waals surface area contributed by atoms with Crippen molar-refractivity contribution in [2.24, 2.45) is 17.6 Å². The molecule has 2 aliphatic rings. The number of nitrogens with zero attached hydrogens (tertiary/aromatic N) is 1. The number of aliphatic hydroxyl groups is 1. The maximum atomic E-state index is 13.7. The second kappa shape index (κ2) is 17.0. The molecular weight excluding hydrogens is 568 g/mol.